The number of hydrogen-bond acceptors (Lipinski definition) is 1. The largest absolute Gasteiger partial charge is 0.301 e. The average molecular weight is 124 g/mol. The van der Waals surface area contributed by atoms with Crippen LogP contribution in [0.3, 0.4) is 0 Å². The minimum Gasteiger partial charge on any atom is -0.269 e. The summed E-state index contributed by atoms with van der Waals surface area (Å²) in [5, 5.41) is 0. The van der Waals surface area contributed by atoms with Gasteiger partial charge in [0.25, 0.3) is 0 Å². The Kier molecular flexibility index (Phi) is 8.57. The topological polar surface area (TPSA) is 17.1 Å². The van der Waals surface area contributed by atoms with Crippen molar-refractivity contribution in [3.05, 3.63) is 0 Å². The quantitative estimate of drug-likeness (QED) is 0.524. The highest BCUT2D eigenvalue weighted by Gasteiger charge is 1.92. The summed E-state index contributed by atoms with van der Waals surface area (Å²) in [6.07, 6.45) is 1.65. The van der Waals surface area contributed by atoms with Crippen LogP contribution < -0.4 is 0 Å². The lowest BCUT2D eigenvalue weighted by molar-refractivity contribution is -0.129. The van der Waals surface area contributed by atoms with Crippen LogP contribution in [0.2, 0.25) is 0 Å². The van der Waals surface area contributed by atoms with Crippen LogP contribution in [0.1, 0.15) is 26.2 Å². The fourth-order valence-electron chi connectivity index (χ4n) is 0.316. The molecule has 0 unspecified atom stereocenters. The van der Waals surface area contributed by atoms with Crippen molar-refractivity contribution in [3.63, 3.8) is 0 Å². The highest BCUT2D eigenvalue weighted by atomic mass is 19.1. The molecule has 0 aliphatic heterocycles. The van der Waals surface area contributed by atoms with Crippen molar-refractivity contribution in [2.75, 3.05) is 0 Å². The second-order valence-electron chi connectivity index (χ2n) is 1.46. The zero-order valence-electron chi connectivity index (χ0n) is 4.82. The molecular weight excluding hydrogens is 114 g/mol. The zero-order valence-corrected chi connectivity index (χ0v) is 4.82. The predicted octanol–water partition coefficient (Wildman–Crippen LogP) is 1.83. The molecule has 0 heterocycles. The summed E-state index contributed by atoms with van der Waals surface area (Å²) in [7, 11) is 0. The van der Waals surface area contributed by atoms with Crippen LogP contribution in [-0.4, -0.2) is 6.04 Å². The van der Waals surface area contributed by atoms with E-state index in [1.54, 1.807) is 0 Å². The molecule has 0 amide bonds. The Morgan fingerprint density at radius 2 is 2.12 bits per heavy atom. The van der Waals surface area contributed by atoms with Crippen molar-refractivity contribution in [1.29, 1.82) is 0 Å². The predicted molar refractivity (Wildman–Crippen MR) is 28.1 cm³/mol. The Morgan fingerprint density at radius 1 is 1.62 bits per heavy atom. The molecule has 0 bridgehead atoms. The Labute approximate surface area is 47.3 Å². The molecule has 0 saturated carbocycles. The molecule has 3 heteroatoms. The van der Waals surface area contributed by atoms with Gasteiger partial charge < -0.3 is 0 Å². The van der Waals surface area contributed by atoms with Crippen LogP contribution in [-0.2, 0) is 4.79 Å². The number of halogens is 2. The normalized spacial score (nSPS) is 7.75. The first-order valence-electron chi connectivity index (χ1n) is 2.45. The summed E-state index contributed by atoms with van der Waals surface area (Å²) in [4.78, 5) is 9.54. The van der Waals surface area contributed by atoms with Crippen molar-refractivity contribution in [3.8, 4) is 0 Å². The second kappa shape index (κ2) is 6.53. The molecule has 0 aliphatic carbocycles. The van der Waals surface area contributed by atoms with Gasteiger partial charge in [0.15, 0.2) is 0 Å². The average Bonchev–Trinajstić information content (AvgIpc) is 1.61. The summed E-state index contributed by atoms with van der Waals surface area (Å²) in [6.45, 7) is 1.92. The van der Waals surface area contributed by atoms with Gasteiger partial charge in [-0.05, 0) is 6.42 Å². The first kappa shape index (κ1) is 10.5. The zero-order chi connectivity index (χ0) is 5.70. The van der Waals surface area contributed by atoms with Crippen LogP contribution in [0.15, 0.2) is 0 Å². The minimum atomic E-state index is -1.19. The van der Waals surface area contributed by atoms with Crippen molar-refractivity contribution in [1.82, 2.24) is 0 Å². The van der Waals surface area contributed by atoms with Gasteiger partial charge in [-0.2, -0.15) is 4.39 Å². The maximum Gasteiger partial charge on any atom is 0.301 e. The Bertz CT molecular complexity index is 63.4. The molecule has 0 saturated heterocycles. The van der Waals surface area contributed by atoms with Gasteiger partial charge in [0.05, 0.1) is 0 Å². The molecule has 0 aliphatic rings. The van der Waals surface area contributed by atoms with Gasteiger partial charge in [-0.25, -0.2) is 0 Å². The van der Waals surface area contributed by atoms with E-state index in [0.717, 1.165) is 6.42 Å². The third kappa shape index (κ3) is 9.11. The van der Waals surface area contributed by atoms with Gasteiger partial charge in [-0.3, -0.25) is 9.50 Å². The van der Waals surface area contributed by atoms with Crippen molar-refractivity contribution < 1.29 is 13.9 Å². The van der Waals surface area contributed by atoms with Crippen molar-refractivity contribution in [2.45, 2.75) is 26.2 Å². The maximum atomic E-state index is 11.2. The lowest BCUT2D eigenvalue weighted by Gasteiger charge is -1.83. The van der Waals surface area contributed by atoms with E-state index in [0.29, 0.717) is 6.42 Å². The van der Waals surface area contributed by atoms with E-state index in [9.17, 15) is 9.18 Å². The first-order valence-corrected chi connectivity index (χ1v) is 2.45. The van der Waals surface area contributed by atoms with E-state index in [-0.39, 0.29) is 11.1 Å². The standard InChI is InChI=1S/C5H9FO.FH/c1-2-3-4-5(6)7;/h2-4H2,1H3;1H. The van der Waals surface area contributed by atoms with Gasteiger partial charge in [0, 0.05) is 6.42 Å². The van der Waals surface area contributed by atoms with Gasteiger partial charge in [-0.1, -0.05) is 13.3 Å². The Hall–Kier alpha value is -0.470. The van der Waals surface area contributed by atoms with E-state index >= 15 is 0 Å². The maximum absolute atomic E-state index is 11.2. The highest BCUT2D eigenvalue weighted by molar-refractivity contribution is 5.67. The number of hydrogen-bond donors (Lipinski definition) is 0. The monoisotopic (exact) mass is 124 g/mol. The fraction of sp³-hybridized carbons (Fsp3) is 0.800. The van der Waals surface area contributed by atoms with Crippen LogP contribution in [0.5, 0.6) is 0 Å². The second-order valence-corrected chi connectivity index (χ2v) is 1.46. The number of unbranched alkanes of at least 4 members (excludes halogenated alkanes) is 1. The smallest absolute Gasteiger partial charge is 0.269 e. The summed E-state index contributed by atoms with van der Waals surface area (Å²) in [5.41, 5.74) is 0. The van der Waals surface area contributed by atoms with E-state index in [2.05, 4.69) is 0 Å². The molecule has 0 aromatic heterocycles. The molecule has 1 nitrogen and oxygen atoms in total. The number of carbonyl (C=O) groups is 1. The fourth-order valence-corrected chi connectivity index (χ4v) is 0.316. The summed E-state index contributed by atoms with van der Waals surface area (Å²) < 4.78 is 11.2. The summed E-state index contributed by atoms with van der Waals surface area (Å²) >= 11 is 0. The van der Waals surface area contributed by atoms with Crippen LogP contribution >= 0.6 is 0 Å². The Morgan fingerprint density at radius 3 is 2.25 bits per heavy atom. The molecular formula is C5H10F2O. The highest BCUT2D eigenvalue weighted by Crippen LogP contribution is 1.94. The minimum absolute atomic E-state index is 0. The molecule has 0 fully saturated rings. The van der Waals surface area contributed by atoms with E-state index in [4.69, 9.17) is 0 Å². The summed E-state index contributed by atoms with van der Waals surface area (Å²) in [6, 6.07) is -1.19. The van der Waals surface area contributed by atoms with E-state index in [1.807, 2.05) is 6.92 Å². The van der Waals surface area contributed by atoms with Gasteiger partial charge in [0.2, 0.25) is 0 Å². The van der Waals surface area contributed by atoms with Crippen LogP contribution in [0.4, 0.5) is 9.09 Å². The molecule has 0 aromatic carbocycles. The van der Waals surface area contributed by atoms with Crippen LogP contribution in [0, 0.1) is 0 Å². The molecule has 0 rings (SSSR count). The first-order chi connectivity index (χ1) is 3.27. The molecule has 0 aromatic rings. The Balaban J connectivity index is 0. The number of carbonyl (C=O) groups excluding carboxylic acids is 1. The number of rotatable bonds is 3. The molecule has 50 valence electrons. The lowest BCUT2D eigenvalue weighted by atomic mass is 10.3. The molecule has 0 spiro atoms. The molecule has 0 atom stereocenters. The van der Waals surface area contributed by atoms with Crippen LogP contribution in [0.25, 0.3) is 0 Å². The third-order valence-electron chi connectivity index (χ3n) is 0.727. The van der Waals surface area contributed by atoms with Gasteiger partial charge in [-0.15, -0.1) is 0 Å². The van der Waals surface area contributed by atoms with E-state index < -0.39 is 6.04 Å². The third-order valence-corrected chi connectivity index (χ3v) is 0.727. The SMILES string of the molecule is CCCCC(=O)F.F. The van der Waals surface area contributed by atoms with Crippen molar-refractivity contribution >= 4 is 6.04 Å². The summed E-state index contributed by atoms with van der Waals surface area (Å²) in [5.74, 6) is 0. The van der Waals surface area contributed by atoms with E-state index in [1.165, 1.54) is 0 Å². The van der Waals surface area contributed by atoms with Gasteiger partial charge in [0.1, 0.15) is 0 Å². The van der Waals surface area contributed by atoms with Crippen molar-refractivity contribution in [2.24, 2.45) is 0 Å². The molecule has 8 heavy (non-hydrogen) atoms. The van der Waals surface area contributed by atoms with Gasteiger partial charge >= 0.3 is 6.04 Å². The molecule has 0 radical (unpaired) electrons. The lowest BCUT2D eigenvalue weighted by Crippen LogP contribution is -1.84. The molecule has 0 N–H and O–H groups in total.